The Morgan fingerprint density at radius 1 is 1.73 bits per heavy atom. The second-order valence-electron chi connectivity index (χ2n) is 3.12. The minimum absolute atomic E-state index is 0.0832. The Morgan fingerprint density at radius 3 is 3.00 bits per heavy atom. The molecule has 1 atom stereocenters. The maximum atomic E-state index is 11.6. The van der Waals surface area contributed by atoms with E-state index in [1.54, 1.807) is 6.07 Å². The van der Waals surface area contributed by atoms with E-state index < -0.39 is 0 Å². The third kappa shape index (κ3) is 3.18. The molecule has 0 saturated carbocycles. The van der Waals surface area contributed by atoms with Crippen LogP contribution in [-0.2, 0) is 0 Å². The Hall–Kier alpha value is -1.13. The van der Waals surface area contributed by atoms with E-state index in [1.807, 2.05) is 6.92 Å². The fraction of sp³-hybridized carbons (Fsp3) is 0.400. The van der Waals surface area contributed by atoms with E-state index >= 15 is 0 Å². The summed E-state index contributed by atoms with van der Waals surface area (Å²) in [4.78, 5) is 15.5. The molecule has 15 heavy (non-hydrogen) atoms. The highest BCUT2D eigenvalue weighted by Gasteiger charge is 2.13. The first-order valence-electron chi connectivity index (χ1n) is 4.70. The summed E-state index contributed by atoms with van der Waals surface area (Å²) < 4.78 is 0. The third-order valence-electron chi connectivity index (χ3n) is 2.06. The predicted molar refractivity (Wildman–Crippen MR) is 57.9 cm³/mol. The number of hydrogen-bond donors (Lipinski definition) is 2. The summed E-state index contributed by atoms with van der Waals surface area (Å²) in [5.41, 5.74) is 0.325. The number of pyridine rings is 1. The largest absolute Gasteiger partial charge is 0.394 e. The summed E-state index contributed by atoms with van der Waals surface area (Å²) in [6.45, 7) is 1.80. The van der Waals surface area contributed by atoms with Crippen LogP contribution >= 0.6 is 11.6 Å². The number of nitrogens with one attached hydrogen (secondary N) is 1. The number of hydrogen-bond acceptors (Lipinski definition) is 3. The first-order chi connectivity index (χ1) is 7.19. The van der Waals surface area contributed by atoms with Gasteiger partial charge in [-0.3, -0.25) is 9.78 Å². The number of carbonyl (C=O) groups excluding carboxylic acids is 1. The topological polar surface area (TPSA) is 62.2 Å². The van der Waals surface area contributed by atoms with Crippen molar-refractivity contribution < 1.29 is 9.90 Å². The summed E-state index contributed by atoms with van der Waals surface area (Å²) >= 11 is 5.83. The maximum Gasteiger partial charge on any atom is 0.254 e. The van der Waals surface area contributed by atoms with Gasteiger partial charge in [-0.05, 0) is 12.5 Å². The molecule has 0 aromatic carbocycles. The number of amides is 1. The highest BCUT2D eigenvalue weighted by molar-refractivity contribution is 6.33. The number of halogens is 1. The van der Waals surface area contributed by atoms with Crippen LogP contribution in [0.2, 0.25) is 5.02 Å². The fourth-order valence-corrected chi connectivity index (χ4v) is 1.28. The lowest BCUT2D eigenvalue weighted by atomic mass is 10.2. The van der Waals surface area contributed by atoms with Crippen LogP contribution in [0.4, 0.5) is 0 Å². The first-order valence-corrected chi connectivity index (χ1v) is 5.08. The van der Waals surface area contributed by atoms with E-state index in [4.69, 9.17) is 16.7 Å². The molecule has 0 aliphatic heterocycles. The second-order valence-corrected chi connectivity index (χ2v) is 3.52. The summed E-state index contributed by atoms with van der Waals surface area (Å²) in [5.74, 6) is -0.311. The predicted octanol–water partition coefficient (Wildman–Crippen LogP) is 1.24. The molecule has 0 bridgehead atoms. The van der Waals surface area contributed by atoms with E-state index in [0.29, 0.717) is 17.0 Å². The van der Waals surface area contributed by atoms with E-state index in [1.165, 1.54) is 12.4 Å². The van der Waals surface area contributed by atoms with Crippen LogP contribution in [0.5, 0.6) is 0 Å². The molecule has 0 spiro atoms. The number of rotatable bonds is 4. The fourth-order valence-electron chi connectivity index (χ4n) is 1.08. The minimum atomic E-state index is -0.311. The third-order valence-corrected chi connectivity index (χ3v) is 2.39. The number of nitrogens with zero attached hydrogens (tertiary/aromatic N) is 1. The quantitative estimate of drug-likeness (QED) is 0.815. The lowest BCUT2D eigenvalue weighted by molar-refractivity contribution is 0.0914. The second kappa shape index (κ2) is 5.68. The molecule has 1 aromatic rings. The molecule has 0 unspecified atom stereocenters. The summed E-state index contributed by atoms with van der Waals surface area (Å²) in [5, 5.41) is 11.9. The van der Waals surface area contributed by atoms with Crippen molar-refractivity contribution in [2.45, 2.75) is 19.4 Å². The van der Waals surface area contributed by atoms with Crippen molar-refractivity contribution in [1.82, 2.24) is 10.3 Å². The van der Waals surface area contributed by atoms with Gasteiger partial charge in [-0.2, -0.15) is 0 Å². The Balaban J connectivity index is 2.73. The summed E-state index contributed by atoms with van der Waals surface area (Å²) in [6, 6.07) is 1.31. The molecule has 1 aromatic heterocycles. The maximum absolute atomic E-state index is 11.6. The van der Waals surface area contributed by atoms with Gasteiger partial charge >= 0.3 is 0 Å². The van der Waals surface area contributed by atoms with Crippen LogP contribution < -0.4 is 5.32 Å². The molecule has 4 nitrogen and oxygen atoms in total. The lowest BCUT2D eigenvalue weighted by Gasteiger charge is -2.14. The van der Waals surface area contributed by atoms with Gasteiger partial charge in [0.1, 0.15) is 0 Å². The SMILES string of the molecule is CC[C@@H](CO)NC(=O)c1cnccc1Cl. The molecule has 82 valence electrons. The smallest absolute Gasteiger partial charge is 0.254 e. The van der Waals surface area contributed by atoms with Gasteiger partial charge in [0.15, 0.2) is 0 Å². The van der Waals surface area contributed by atoms with Gasteiger partial charge in [0.05, 0.1) is 23.2 Å². The van der Waals surface area contributed by atoms with Gasteiger partial charge in [0.2, 0.25) is 0 Å². The summed E-state index contributed by atoms with van der Waals surface area (Å²) in [6.07, 6.45) is 3.59. The lowest BCUT2D eigenvalue weighted by Crippen LogP contribution is -2.37. The zero-order valence-corrected chi connectivity index (χ0v) is 9.16. The molecule has 5 heteroatoms. The molecule has 1 rings (SSSR count). The monoisotopic (exact) mass is 228 g/mol. The number of carbonyl (C=O) groups is 1. The van der Waals surface area contributed by atoms with Crippen molar-refractivity contribution in [3.05, 3.63) is 29.0 Å². The normalized spacial score (nSPS) is 12.2. The van der Waals surface area contributed by atoms with Gasteiger partial charge in [0.25, 0.3) is 5.91 Å². The van der Waals surface area contributed by atoms with Crippen molar-refractivity contribution in [1.29, 1.82) is 0 Å². The van der Waals surface area contributed by atoms with E-state index in [9.17, 15) is 4.79 Å². The average molecular weight is 229 g/mol. The van der Waals surface area contributed by atoms with E-state index in [-0.39, 0.29) is 18.6 Å². The molecular formula is C10H13ClN2O2. The van der Waals surface area contributed by atoms with Crippen LogP contribution in [-0.4, -0.2) is 28.6 Å². The first kappa shape index (κ1) is 11.9. The van der Waals surface area contributed by atoms with Crippen molar-refractivity contribution in [2.75, 3.05) is 6.61 Å². The molecule has 0 radical (unpaired) electrons. The van der Waals surface area contributed by atoms with E-state index in [2.05, 4.69) is 10.3 Å². The van der Waals surface area contributed by atoms with Crippen LogP contribution in [0.1, 0.15) is 23.7 Å². The number of aliphatic hydroxyl groups is 1. The van der Waals surface area contributed by atoms with Crippen LogP contribution in [0.25, 0.3) is 0 Å². The standard InChI is InChI=1S/C10H13ClN2O2/c1-2-7(6-14)13-10(15)8-5-12-4-3-9(8)11/h3-5,7,14H,2,6H2,1H3,(H,13,15)/t7-/m0/s1. The van der Waals surface area contributed by atoms with Crippen molar-refractivity contribution >= 4 is 17.5 Å². The highest BCUT2D eigenvalue weighted by Crippen LogP contribution is 2.13. The average Bonchev–Trinajstić information content (AvgIpc) is 2.26. The van der Waals surface area contributed by atoms with Gasteiger partial charge in [-0.1, -0.05) is 18.5 Å². The Bertz CT molecular complexity index is 340. The zero-order valence-electron chi connectivity index (χ0n) is 8.40. The van der Waals surface area contributed by atoms with Gasteiger partial charge in [-0.25, -0.2) is 0 Å². The van der Waals surface area contributed by atoms with Crippen molar-refractivity contribution in [3.8, 4) is 0 Å². The molecule has 1 amide bonds. The minimum Gasteiger partial charge on any atom is -0.394 e. The van der Waals surface area contributed by atoms with Crippen LogP contribution in [0, 0.1) is 0 Å². The Labute approximate surface area is 93.3 Å². The van der Waals surface area contributed by atoms with E-state index in [0.717, 1.165) is 0 Å². The molecular weight excluding hydrogens is 216 g/mol. The molecule has 0 aliphatic carbocycles. The van der Waals surface area contributed by atoms with Crippen molar-refractivity contribution in [3.63, 3.8) is 0 Å². The summed E-state index contributed by atoms with van der Waals surface area (Å²) in [7, 11) is 0. The van der Waals surface area contributed by atoms with Crippen LogP contribution in [0.15, 0.2) is 18.5 Å². The number of aromatic nitrogens is 1. The number of aliphatic hydroxyl groups excluding tert-OH is 1. The highest BCUT2D eigenvalue weighted by atomic mass is 35.5. The zero-order chi connectivity index (χ0) is 11.3. The Kier molecular flexibility index (Phi) is 4.52. The van der Waals surface area contributed by atoms with Gasteiger partial charge < -0.3 is 10.4 Å². The van der Waals surface area contributed by atoms with Gasteiger partial charge in [-0.15, -0.1) is 0 Å². The molecule has 0 saturated heterocycles. The van der Waals surface area contributed by atoms with Crippen LogP contribution in [0.3, 0.4) is 0 Å². The Morgan fingerprint density at radius 2 is 2.47 bits per heavy atom. The molecule has 0 aliphatic rings. The van der Waals surface area contributed by atoms with Crippen molar-refractivity contribution in [2.24, 2.45) is 0 Å². The van der Waals surface area contributed by atoms with Gasteiger partial charge in [0, 0.05) is 12.4 Å². The molecule has 0 fully saturated rings. The molecule has 2 N–H and O–H groups in total. The molecule has 1 heterocycles.